The molecule has 0 aliphatic heterocycles. The molecule has 100 valence electrons. The lowest BCUT2D eigenvalue weighted by molar-refractivity contribution is 0.257. The molecule has 3 N–H and O–H groups in total. The standard InChI is InChI=1S/C8H18O.C5H12O2/c1-2-3-4-5-6-7-8-9;6-4-2-1-3-5-7/h9H,2-8H2,1H3;6-7H,1-5H2. The van der Waals surface area contributed by atoms with Gasteiger partial charge in [0.25, 0.3) is 0 Å². The van der Waals surface area contributed by atoms with E-state index in [9.17, 15) is 0 Å². The monoisotopic (exact) mass is 234 g/mol. The highest BCUT2D eigenvalue weighted by molar-refractivity contribution is 4.41. The van der Waals surface area contributed by atoms with Crippen molar-refractivity contribution in [3.05, 3.63) is 0 Å². The quantitative estimate of drug-likeness (QED) is 0.509. The lowest BCUT2D eigenvalue weighted by Crippen LogP contribution is -1.85. The first kappa shape index (κ1) is 18.3. The Balaban J connectivity index is 0. The van der Waals surface area contributed by atoms with Gasteiger partial charge in [0.1, 0.15) is 0 Å². The molecule has 0 rings (SSSR count). The molecule has 0 aromatic rings. The zero-order valence-corrected chi connectivity index (χ0v) is 10.8. The lowest BCUT2D eigenvalue weighted by atomic mass is 10.1. The smallest absolute Gasteiger partial charge is 0.0431 e. The molecule has 0 amide bonds. The highest BCUT2D eigenvalue weighted by Gasteiger charge is 1.86. The zero-order chi connectivity index (χ0) is 12.5. The average molecular weight is 234 g/mol. The van der Waals surface area contributed by atoms with Crippen LogP contribution in [0.3, 0.4) is 0 Å². The Morgan fingerprint density at radius 1 is 0.500 bits per heavy atom. The first-order chi connectivity index (χ1) is 7.83. The van der Waals surface area contributed by atoms with Crippen LogP contribution < -0.4 is 0 Å². The van der Waals surface area contributed by atoms with E-state index in [-0.39, 0.29) is 13.2 Å². The summed E-state index contributed by atoms with van der Waals surface area (Å²) in [7, 11) is 0. The Hall–Kier alpha value is -0.120. The van der Waals surface area contributed by atoms with Crippen LogP contribution in [0.5, 0.6) is 0 Å². The van der Waals surface area contributed by atoms with E-state index in [0.29, 0.717) is 6.61 Å². The van der Waals surface area contributed by atoms with Gasteiger partial charge in [-0.15, -0.1) is 0 Å². The van der Waals surface area contributed by atoms with Gasteiger partial charge in [-0.3, -0.25) is 0 Å². The molecule has 0 saturated heterocycles. The SMILES string of the molecule is CCCCCCCCO.OCCCCCO. The van der Waals surface area contributed by atoms with Crippen LogP contribution in [0.25, 0.3) is 0 Å². The van der Waals surface area contributed by atoms with E-state index in [1.807, 2.05) is 0 Å². The summed E-state index contributed by atoms with van der Waals surface area (Å²) in [5, 5.41) is 24.8. The fourth-order valence-corrected chi connectivity index (χ4v) is 1.29. The van der Waals surface area contributed by atoms with Crippen LogP contribution >= 0.6 is 0 Å². The highest BCUT2D eigenvalue weighted by atomic mass is 16.3. The van der Waals surface area contributed by atoms with Crippen molar-refractivity contribution in [2.75, 3.05) is 19.8 Å². The van der Waals surface area contributed by atoms with Crippen LogP contribution in [-0.4, -0.2) is 35.1 Å². The minimum Gasteiger partial charge on any atom is -0.396 e. The second-order valence-corrected chi connectivity index (χ2v) is 4.00. The van der Waals surface area contributed by atoms with Crippen LogP contribution in [0.2, 0.25) is 0 Å². The Morgan fingerprint density at radius 3 is 1.19 bits per heavy atom. The molecule has 0 aliphatic carbocycles. The second kappa shape index (κ2) is 20.3. The van der Waals surface area contributed by atoms with Crippen molar-refractivity contribution in [3.63, 3.8) is 0 Å². The molecule has 0 bridgehead atoms. The lowest BCUT2D eigenvalue weighted by Gasteiger charge is -1.95. The fraction of sp³-hybridized carbons (Fsp3) is 1.00. The summed E-state index contributed by atoms with van der Waals surface area (Å²) in [6, 6.07) is 0. The molecule has 0 fully saturated rings. The van der Waals surface area contributed by atoms with Crippen molar-refractivity contribution in [1.82, 2.24) is 0 Å². The van der Waals surface area contributed by atoms with E-state index in [1.54, 1.807) is 0 Å². The zero-order valence-electron chi connectivity index (χ0n) is 10.8. The van der Waals surface area contributed by atoms with Crippen LogP contribution in [0.15, 0.2) is 0 Å². The van der Waals surface area contributed by atoms with Crippen molar-refractivity contribution in [2.24, 2.45) is 0 Å². The van der Waals surface area contributed by atoms with E-state index in [0.717, 1.165) is 25.7 Å². The molecule has 3 nitrogen and oxygen atoms in total. The molecule has 0 aromatic carbocycles. The van der Waals surface area contributed by atoms with Crippen molar-refractivity contribution in [3.8, 4) is 0 Å². The largest absolute Gasteiger partial charge is 0.396 e. The maximum absolute atomic E-state index is 8.42. The Morgan fingerprint density at radius 2 is 0.812 bits per heavy atom. The molecule has 0 aliphatic rings. The molecule has 0 aromatic heterocycles. The first-order valence-corrected chi connectivity index (χ1v) is 6.66. The number of aliphatic hydroxyl groups is 3. The minimum atomic E-state index is 0.250. The third kappa shape index (κ3) is 23.6. The van der Waals surface area contributed by atoms with Gasteiger partial charge in [0, 0.05) is 19.8 Å². The molecular weight excluding hydrogens is 204 g/mol. The van der Waals surface area contributed by atoms with Gasteiger partial charge in [-0.25, -0.2) is 0 Å². The Bertz CT molecular complexity index is 87.2. The molecule has 0 saturated carbocycles. The fourth-order valence-electron chi connectivity index (χ4n) is 1.29. The van der Waals surface area contributed by atoms with Gasteiger partial charge in [0.2, 0.25) is 0 Å². The van der Waals surface area contributed by atoms with Gasteiger partial charge in [-0.1, -0.05) is 39.0 Å². The van der Waals surface area contributed by atoms with Gasteiger partial charge in [-0.05, 0) is 25.7 Å². The summed E-state index contributed by atoms with van der Waals surface area (Å²) in [5.74, 6) is 0. The van der Waals surface area contributed by atoms with Crippen molar-refractivity contribution < 1.29 is 15.3 Å². The summed E-state index contributed by atoms with van der Waals surface area (Å²) < 4.78 is 0. The van der Waals surface area contributed by atoms with Crippen molar-refractivity contribution >= 4 is 0 Å². The molecule has 16 heavy (non-hydrogen) atoms. The van der Waals surface area contributed by atoms with Gasteiger partial charge in [0.15, 0.2) is 0 Å². The summed E-state index contributed by atoms with van der Waals surface area (Å²) in [4.78, 5) is 0. The van der Waals surface area contributed by atoms with Gasteiger partial charge < -0.3 is 15.3 Å². The van der Waals surface area contributed by atoms with E-state index in [1.165, 1.54) is 32.1 Å². The normalized spacial score (nSPS) is 9.75. The molecule has 0 spiro atoms. The third-order valence-electron chi connectivity index (χ3n) is 2.33. The molecule has 0 unspecified atom stereocenters. The summed E-state index contributed by atoms with van der Waals surface area (Å²) in [5.41, 5.74) is 0. The number of rotatable bonds is 10. The summed E-state index contributed by atoms with van der Waals surface area (Å²) >= 11 is 0. The first-order valence-electron chi connectivity index (χ1n) is 6.66. The number of aliphatic hydroxyl groups excluding tert-OH is 3. The van der Waals surface area contributed by atoms with E-state index < -0.39 is 0 Å². The predicted molar refractivity (Wildman–Crippen MR) is 68.5 cm³/mol. The van der Waals surface area contributed by atoms with Crippen LogP contribution in [-0.2, 0) is 0 Å². The van der Waals surface area contributed by atoms with Gasteiger partial charge in [0.05, 0.1) is 0 Å². The van der Waals surface area contributed by atoms with Gasteiger partial charge in [-0.2, -0.15) is 0 Å². The molecule has 0 heterocycles. The maximum atomic E-state index is 8.42. The highest BCUT2D eigenvalue weighted by Crippen LogP contribution is 2.03. The van der Waals surface area contributed by atoms with Crippen molar-refractivity contribution in [2.45, 2.75) is 64.7 Å². The summed E-state index contributed by atoms with van der Waals surface area (Å²) in [6.07, 6.45) is 10.1. The molecule has 3 heteroatoms. The topological polar surface area (TPSA) is 60.7 Å². The van der Waals surface area contributed by atoms with E-state index in [4.69, 9.17) is 15.3 Å². The molecule has 0 radical (unpaired) electrons. The maximum Gasteiger partial charge on any atom is 0.0431 e. The van der Waals surface area contributed by atoms with E-state index in [2.05, 4.69) is 6.92 Å². The van der Waals surface area contributed by atoms with Crippen LogP contribution in [0.1, 0.15) is 64.7 Å². The Labute approximate surface area is 101 Å². The van der Waals surface area contributed by atoms with Gasteiger partial charge >= 0.3 is 0 Å². The summed E-state index contributed by atoms with van der Waals surface area (Å²) in [6.45, 7) is 3.08. The average Bonchev–Trinajstić information content (AvgIpc) is 2.31. The van der Waals surface area contributed by atoms with Crippen LogP contribution in [0, 0.1) is 0 Å². The third-order valence-corrected chi connectivity index (χ3v) is 2.33. The Kier molecular flexibility index (Phi) is 23.2. The molecule has 0 atom stereocenters. The predicted octanol–water partition coefficient (Wildman–Crippen LogP) is 2.48. The second-order valence-electron chi connectivity index (χ2n) is 4.00. The van der Waals surface area contributed by atoms with Crippen LogP contribution in [0.4, 0.5) is 0 Å². The molecular formula is C13H30O3. The number of hydrogen-bond donors (Lipinski definition) is 3. The number of hydrogen-bond acceptors (Lipinski definition) is 3. The van der Waals surface area contributed by atoms with E-state index >= 15 is 0 Å². The minimum absolute atomic E-state index is 0.250. The van der Waals surface area contributed by atoms with Crippen molar-refractivity contribution in [1.29, 1.82) is 0 Å². The number of unbranched alkanes of at least 4 members (excludes halogenated alkanes) is 7.